The molecule has 6 amide bonds. The van der Waals surface area contributed by atoms with E-state index in [4.69, 9.17) is 14.2 Å². The monoisotopic (exact) mass is 1040 g/mol. The van der Waals surface area contributed by atoms with Crippen LogP contribution in [-0.2, 0) is 55.8 Å². The van der Waals surface area contributed by atoms with Crippen LogP contribution in [0.25, 0.3) is 0 Å². The first-order valence-electron chi connectivity index (χ1n) is 27.0. The minimum atomic E-state index is -0.703. The Bertz CT molecular complexity index is 2180. The highest BCUT2D eigenvalue weighted by molar-refractivity contribution is 8.00. The van der Waals surface area contributed by atoms with Gasteiger partial charge in [-0.1, -0.05) is 104 Å². The minimum Gasteiger partial charge on any atom is -0.381 e. The van der Waals surface area contributed by atoms with Gasteiger partial charge in [0, 0.05) is 51.1 Å². The number of carbonyl (C=O) groups excluding carboxylic acids is 6. The summed E-state index contributed by atoms with van der Waals surface area (Å²) < 4.78 is 19.1. The molecule has 4 fully saturated rings. The number of ether oxygens (including phenoxy) is 3. The Labute approximate surface area is 441 Å². The second-order valence-corrected chi connectivity index (χ2v) is 25.1. The summed E-state index contributed by atoms with van der Waals surface area (Å²) in [5, 5.41) is 12.4. The number of fused-ring (bicyclic) bond motifs is 4. The molecule has 4 aliphatic heterocycles. The SMILES string of the molecule is CC[C@@H](C)C(=O)N[C@H]1CCS[C@H]2CC(C)(C)C(C(=O)N[C@H]3c4ccccc4C[C@H]3OCCCOCCCO[C@@H]3Cc4ccccc4[C@@H]3NC(=O)[C@H]3N4C(=O)[C@@H](NC(=O)[C@H](C)CC)CCS[C@H]4CC3(C)C)N2C1=O. The largest absolute Gasteiger partial charge is 0.381 e. The quantitative estimate of drug-likeness (QED) is 0.105. The maximum Gasteiger partial charge on any atom is 0.246 e. The van der Waals surface area contributed by atoms with Crippen LogP contribution < -0.4 is 21.3 Å². The van der Waals surface area contributed by atoms with E-state index in [1.165, 1.54) is 0 Å². The van der Waals surface area contributed by atoms with Crippen molar-refractivity contribution < 1.29 is 43.0 Å². The first-order valence-corrected chi connectivity index (χ1v) is 29.1. The minimum absolute atomic E-state index is 0.133. The molecule has 73 heavy (non-hydrogen) atoms. The van der Waals surface area contributed by atoms with Crippen molar-refractivity contribution >= 4 is 59.0 Å². The van der Waals surface area contributed by atoms with Gasteiger partial charge in [0.2, 0.25) is 35.4 Å². The molecular weight excluding hydrogens is 965 g/mol. The van der Waals surface area contributed by atoms with Crippen molar-refractivity contribution in [1.82, 2.24) is 31.1 Å². The lowest BCUT2D eigenvalue weighted by Crippen LogP contribution is -2.57. The number of benzene rings is 2. The Morgan fingerprint density at radius 2 is 1.01 bits per heavy atom. The summed E-state index contributed by atoms with van der Waals surface area (Å²) in [6.45, 7) is 17.7. The van der Waals surface area contributed by atoms with Gasteiger partial charge in [-0.25, -0.2) is 0 Å². The first-order chi connectivity index (χ1) is 34.9. The van der Waals surface area contributed by atoms with Gasteiger partial charge in [-0.05, 0) is 96.0 Å². The Kier molecular flexibility index (Phi) is 18.0. The van der Waals surface area contributed by atoms with Crippen molar-refractivity contribution in [3.63, 3.8) is 0 Å². The third kappa shape index (κ3) is 12.1. The molecule has 2 aromatic rings. The van der Waals surface area contributed by atoms with Crippen LogP contribution >= 0.6 is 23.5 Å². The summed E-state index contributed by atoms with van der Waals surface area (Å²) in [6, 6.07) is 12.7. The fourth-order valence-corrected chi connectivity index (χ4v) is 15.0. The number of thioether (sulfide) groups is 2. The van der Waals surface area contributed by atoms with Gasteiger partial charge in [0.05, 0.1) is 35.0 Å². The second kappa shape index (κ2) is 23.8. The van der Waals surface area contributed by atoms with Crippen molar-refractivity contribution in [2.45, 2.75) is 179 Å². The highest BCUT2D eigenvalue weighted by Gasteiger charge is 2.57. The summed E-state index contributed by atoms with van der Waals surface area (Å²) in [4.78, 5) is 86.9. The molecule has 17 heteroatoms. The molecule has 1 unspecified atom stereocenters. The highest BCUT2D eigenvalue weighted by atomic mass is 32.2. The van der Waals surface area contributed by atoms with E-state index >= 15 is 0 Å². The van der Waals surface area contributed by atoms with Gasteiger partial charge in [0.1, 0.15) is 24.2 Å². The zero-order valence-electron chi connectivity index (χ0n) is 44.2. The molecule has 0 spiro atoms. The lowest BCUT2D eigenvalue weighted by atomic mass is 9.83. The molecule has 15 nitrogen and oxygen atoms in total. The number of amides is 6. The molecule has 2 aliphatic carbocycles. The highest BCUT2D eigenvalue weighted by Crippen LogP contribution is 2.48. The topological polar surface area (TPSA) is 185 Å². The van der Waals surface area contributed by atoms with E-state index in [0.29, 0.717) is 90.6 Å². The van der Waals surface area contributed by atoms with Crippen LogP contribution in [0.1, 0.15) is 141 Å². The number of hydrogen-bond donors (Lipinski definition) is 4. The molecule has 0 saturated carbocycles. The zero-order valence-corrected chi connectivity index (χ0v) is 45.9. The Morgan fingerprint density at radius 3 is 1.41 bits per heavy atom. The molecule has 4 heterocycles. The standard InChI is InChI=1S/C56H80N6O9S2/c1-9-33(3)49(63)57-39-21-27-72-43-31-55(5,6)47(61(43)53(39)67)51(65)59-45-37-19-13-11-17-35(37)29-41(45)70-25-15-23-69-24-16-26-71-42-30-36-18-12-14-20-38(36)46(42)60-52(66)48-56(7,8)32-44-62(48)54(68)40(22-28-73-44)58-50(64)34(4)10-2/h11-14,17-20,33-34,39-48H,9-10,15-16,21-32H2,1-8H3,(H,57,63)(H,58,64)(H,59,65)(H,60,66)/t33-,34-,39+,40+,41-,42-,43+,44+,45+,46+,47-,48?/m1/s1. The van der Waals surface area contributed by atoms with Crippen LogP contribution in [0, 0.1) is 22.7 Å². The van der Waals surface area contributed by atoms with E-state index in [9.17, 15) is 28.8 Å². The lowest BCUT2D eigenvalue weighted by Gasteiger charge is -2.35. The summed E-state index contributed by atoms with van der Waals surface area (Å²) in [6.07, 6.45) is 5.81. The molecule has 6 aliphatic rings. The van der Waals surface area contributed by atoms with Gasteiger partial charge in [-0.15, -0.1) is 23.5 Å². The Hall–Kier alpha value is -4.16. The van der Waals surface area contributed by atoms with Crippen molar-refractivity contribution in [2.75, 3.05) is 37.9 Å². The third-order valence-electron chi connectivity index (χ3n) is 16.3. The van der Waals surface area contributed by atoms with Crippen LogP contribution in [0.3, 0.4) is 0 Å². The van der Waals surface area contributed by atoms with Gasteiger partial charge in [-0.2, -0.15) is 0 Å². The third-order valence-corrected chi connectivity index (χ3v) is 18.8. The van der Waals surface area contributed by atoms with E-state index in [-0.39, 0.29) is 82.3 Å². The smallest absolute Gasteiger partial charge is 0.246 e. The second-order valence-electron chi connectivity index (χ2n) is 22.6. The normalized spacial score (nSPS) is 29.8. The molecule has 0 aromatic heterocycles. The average molecular weight is 1050 g/mol. The summed E-state index contributed by atoms with van der Waals surface area (Å²) >= 11 is 3.38. The van der Waals surface area contributed by atoms with Gasteiger partial charge < -0.3 is 45.3 Å². The molecule has 2 aromatic carbocycles. The van der Waals surface area contributed by atoms with Gasteiger partial charge in [0.15, 0.2) is 0 Å². The first kappa shape index (κ1) is 55.1. The molecule has 400 valence electrons. The zero-order chi connectivity index (χ0) is 52.2. The van der Waals surface area contributed by atoms with E-state index < -0.39 is 35.0 Å². The predicted molar refractivity (Wildman–Crippen MR) is 284 cm³/mol. The average Bonchev–Trinajstić information content (AvgIpc) is 4.01. The van der Waals surface area contributed by atoms with Crippen LogP contribution in [-0.4, -0.2) is 130 Å². The molecule has 12 atom stereocenters. The molecule has 4 N–H and O–H groups in total. The lowest BCUT2D eigenvalue weighted by molar-refractivity contribution is -0.144. The fourth-order valence-electron chi connectivity index (χ4n) is 11.8. The van der Waals surface area contributed by atoms with Crippen molar-refractivity contribution in [1.29, 1.82) is 0 Å². The van der Waals surface area contributed by atoms with Crippen LogP contribution in [0.2, 0.25) is 0 Å². The maximum absolute atomic E-state index is 14.6. The Balaban J connectivity index is 0.816. The van der Waals surface area contributed by atoms with Gasteiger partial charge >= 0.3 is 0 Å². The molecule has 4 saturated heterocycles. The number of hydrogen-bond acceptors (Lipinski definition) is 11. The van der Waals surface area contributed by atoms with E-state index in [1.54, 1.807) is 33.3 Å². The molecule has 0 radical (unpaired) electrons. The summed E-state index contributed by atoms with van der Waals surface area (Å²) in [7, 11) is 0. The maximum atomic E-state index is 14.6. The number of rotatable bonds is 20. The van der Waals surface area contributed by atoms with E-state index in [1.807, 2.05) is 64.1 Å². The Morgan fingerprint density at radius 1 is 0.616 bits per heavy atom. The fraction of sp³-hybridized carbons (Fsp3) is 0.679. The van der Waals surface area contributed by atoms with Crippen LogP contribution in [0.5, 0.6) is 0 Å². The summed E-state index contributed by atoms with van der Waals surface area (Å²) in [5.74, 6) is -0.0136. The summed E-state index contributed by atoms with van der Waals surface area (Å²) in [5.41, 5.74) is 3.32. The van der Waals surface area contributed by atoms with Crippen LogP contribution in [0.15, 0.2) is 48.5 Å². The molecule has 0 bridgehead atoms. The predicted octanol–water partition coefficient (Wildman–Crippen LogP) is 6.62. The number of carbonyl (C=O) groups is 6. The van der Waals surface area contributed by atoms with Gasteiger partial charge in [0.25, 0.3) is 0 Å². The van der Waals surface area contributed by atoms with Crippen molar-refractivity contribution in [2.24, 2.45) is 22.7 Å². The molecule has 8 rings (SSSR count). The number of nitrogens with zero attached hydrogens (tertiary/aromatic N) is 2. The van der Waals surface area contributed by atoms with E-state index in [2.05, 4.69) is 61.1 Å². The van der Waals surface area contributed by atoms with E-state index in [0.717, 1.165) is 33.8 Å². The van der Waals surface area contributed by atoms with Crippen LogP contribution in [0.4, 0.5) is 0 Å². The van der Waals surface area contributed by atoms with Crippen molar-refractivity contribution in [3.8, 4) is 0 Å². The molecular formula is C56H80N6O9S2. The van der Waals surface area contributed by atoms with Gasteiger partial charge in [-0.3, -0.25) is 28.8 Å². The number of nitrogens with one attached hydrogen (secondary N) is 4. The van der Waals surface area contributed by atoms with Crippen molar-refractivity contribution in [3.05, 3.63) is 70.8 Å².